The van der Waals surface area contributed by atoms with Crippen molar-refractivity contribution in [1.82, 2.24) is 4.98 Å². The monoisotopic (exact) mass is 393 g/mol. The van der Waals surface area contributed by atoms with Crippen molar-refractivity contribution in [2.45, 2.75) is 13.8 Å². The van der Waals surface area contributed by atoms with Crippen LogP contribution in [0, 0.1) is 25.2 Å². The van der Waals surface area contributed by atoms with Crippen LogP contribution >= 0.6 is 11.3 Å². The molecule has 1 heterocycles. The molecular weight excluding hydrogens is 374 g/mol. The van der Waals surface area contributed by atoms with E-state index in [1.807, 2.05) is 32.0 Å². The Morgan fingerprint density at radius 1 is 1.14 bits per heavy atom. The Bertz CT molecular complexity index is 1090. The summed E-state index contributed by atoms with van der Waals surface area (Å²) in [6.45, 7) is 4.05. The minimum atomic E-state index is -0.509. The highest BCUT2D eigenvalue weighted by atomic mass is 32.1. The molecule has 0 fully saturated rings. The van der Waals surface area contributed by atoms with E-state index in [4.69, 9.17) is 9.47 Å². The van der Waals surface area contributed by atoms with Gasteiger partial charge in [0.1, 0.15) is 11.6 Å². The highest BCUT2D eigenvalue weighted by molar-refractivity contribution is 7.22. The summed E-state index contributed by atoms with van der Waals surface area (Å²) < 4.78 is 11.4. The van der Waals surface area contributed by atoms with Crippen LogP contribution < -0.4 is 14.8 Å². The van der Waals surface area contributed by atoms with E-state index in [9.17, 15) is 10.1 Å². The quantitative estimate of drug-likeness (QED) is 0.510. The summed E-state index contributed by atoms with van der Waals surface area (Å²) in [5, 5.41) is 12.6. The number of methoxy groups -OCH3 is 2. The number of fused-ring (bicyclic) bond motifs is 1. The number of hydrogen-bond donors (Lipinski definition) is 1. The molecule has 2 aromatic carbocycles. The zero-order chi connectivity index (χ0) is 20.3. The molecule has 0 radical (unpaired) electrons. The van der Waals surface area contributed by atoms with E-state index in [-0.39, 0.29) is 5.57 Å². The Labute approximate surface area is 167 Å². The zero-order valence-corrected chi connectivity index (χ0v) is 16.8. The van der Waals surface area contributed by atoms with E-state index < -0.39 is 5.91 Å². The molecule has 7 heteroatoms. The van der Waals surface area contributed by atoms with Crippen LogP contribution in [0.5, 0.6) is 11.5 Å². The van der Waals surface area contributed by atoms with Crippen LogP contribution in [-0.4, -0.2) is 25.1 Å². The molecule has 1 aromatic heterocycles. The fourth-order valence-corrected chi connectivity index (χ4v) is 3.60. The first-order valence-electron chi connectivity index (χ1n) is 8.48. The predicted octanol–water partition coefficient (Wildman–Crippen LogP) is 4.48. The maximum atomic E-state index is 12.5. The van der Waals surface area contributed by atoms with Gasteiger partial charge in [0.2, 0.25) is 0 Å². The van der Waals surface area contributed by atoms with E-state index in [1.165, 1.54) is 30.1 Å². The van der Waals surface area contributed by atoms with E-state index in [0.29, 0.717) is 22.2 Å². The highest BCUT2D eigenvalue weighted by Gasteiger charge is 2.14. The van der Waals surface area contributed by atoms with Gasteiger partial charge in [-0.2, -0.15) is 5.26 Å². The summed E-state index contributed by atoms with van der Waals surface area (Å²) in [5.74, 6) is 0.582. The van der Waals surface area contributed by atoms with E-state index in [2.05, 4.69) is 10.3 Å². The molecule has 28 heavy (non-hydrogen) atoms. The number of aromatic nitrogens is 1. The molecule has 0 bridgehead atoms. The Balaban J connectivity index is 1.86. The molecule has 6 nitrogen and oxygen atoms in total. The molecule has 0 saturated carbocycles. The van der Waals surface area contributed by atoms with Gasteiger partial charge in [0.15, 0.2) is 16.6 Å². The molecular formula is C21H19N3O3S. The third-order valence-corrected chi connectivity index (χ3v) is 5.24. The Morgan fingerprint density at radius 2 is 1.86 bits per heavy atom. The number of benzene rings is 2. The number of carbonyl (C=O) groups excluding carboxylic acids is 1. The molecule has 1 amide bonds. The zero-order valence-electron chi connectivity index (χ0n) is 16.0. The summed E-state index contributed by atoms with van der Waals surface area (Å²) in [4.78, 5) is 17.0. The van der Waals surface area contributed by atoms with Gasteiger partial charge < -0.3 is 9.47 Å². The average Bonchev–Trinajstić information content (AvgIpc) is 3.06. The molecule has 0 aliphatic rings. The van der Waals surface area contributed by atoms with Crippen molar-refractivity contribution < 1.29 is 14.3 Å². The molecule has 1 N–H and O–H groups in total. The van der Waals surface area contributed by atoms with Gasteiger partial charge in [-0.3, -0.25) is 10.1 Å². The number of hydrogen-bond acceptors (Lipinski definition) is 6. The Kier molecular flexibility index (Phi) is 5.62. The van der Waals surface area contributed by atoms with Crippen LogP contribution in [-0.2, 0) is 4.79 Å². The molecule has 0 atom stereocenters. The minimum absolute atomic E-state index is 0.0289. The minimum Gasteiger partial charge on any atom is -0.493 e. The second-order valence-corrected chi connectivity index (χ2v) is 7.19. The summed E-state index contributed by atoms with van der Waals surface area (Å²) in [6, 6.07) is 11.1. The van der Waals surface area contributed by atoms with Crippen molar-refractivity contribution in [3.63, 3.8) is 0 Å². The molecule has 0 spiro atoms. The summed E-state index contributed by atoms with van der Waals surface area (Å²) in [6.07, 6.45) is 1.50. The smallest absolute Gasteiger partial charge is 0.268 e. The van der Waals surface area contributed by atoms with Crippen molar-refractivity contribution in [2.75, 3.05) is 19.5 Å². The second kappa shape index (κ2) is 8.11. The van der Waals surface area contributed by atoms with Crippen LogP contribution in [0.25, 0.3) is 16.3 Å². The van der Waals surface area contributed by atoms with Crippen molar-refractivity contribution in [2.24, 2.45) is 0 Å². The first kappa shape index (κ1) is 19.4. The Hall–Kier alpha value is -3.37. The summed E-state index contributed by atoms with van der Waals surface area (Å²) in [5.41, 5.74) is 3.76. The fourth-order valence-electron chi connectivity index (χ4n) is 2.66. The fraction of sp³-hybridized carbons (Fsp3) is 0.190. The van der Waals surface area contributed by atoms with E-state index in [0.717, 1.165) is 15.8 Å². The normalized spacial score (nSPS) is 11.2. The number of nitrogens with zero attached hydrogens (tertiary/aromatic N) is 2. The third kappa shape index (κ3) is 3.97. The number of nitriles is 1. The van der Waals surface area contributed by atoms with Gasteiger partial charge in [-0.15, -0.1) is 0 Å². The Morgan fingerprint density at radius 3 is 2.54 bits per heavy atom. The van der Waals surface area contributed by atoms with Crippen LogP contribution in [0.1, 0.15) is 16.7 Å². The van der Waals surface area contributed by atoms with Crippen LogP contribution in [0.15, 0.2) is 35.9 Å². The summed E-state index contributed by atoms with van der Waals surface area (Å²) >= 11 is 1.38. The number of thiazole rings is 1. The number of aryl methyl sites for hydroxylation is 2. The number of ether oxygens (including phenoxy) is 2. The number of anilines is 1. The van der Waals surface area contributed by atoms with E-state index in [1.54, 1.807) is 25.3 Å². The largest absolute Gasteiger partial charge is 0.493 e. The molecule has 142 valence electrons. The maximum Gasteiger partial charge on any atom is 0.268 e. The van der Waals surface area contributed by atoms with Gasteiger partial charge in [0.25, 0.3) is 5.91 Å². The summed E-state index contributed by atoms with van der Waals surface area (Å²) in [7, 11) is 3.07. The second-order valence-electron chi connectivity index (χ2n) is 6.16. The molecule has 3 aromatic rings. The highest BCUT2D eigenvalue weighted by Crippen LogP contribution is 2.30. The lowest BCUT2D eigenvalue weighted by Gasteiger charge is -2.08. The van der Waals surface area contributed by atoms with Crippen LogP contribution in [0.3, 0.4) is 0 Å². The van der Waals surface area contributed by atoms with E-state index >= 15 is 0 Å². The average molecular weight is 393 g/mol. The van der Waals surface area contributed by atoms with Gasteiger partial charge in [0.05, 0.1) is 24.4 Å². The predicted molar refractivity (Wildman–Crippen MR) is 111 cm³/mol. The number of rotatable bonds is 5. The maximum absolute atomic E-state index is 12.5. The lowest BCUT2D eigenvalue weighted by Crippen LogP contribution is -2.13. The SMILES string of the molecule is COc1ccc(C=C(C#N)C(=O)Nc2nc3cc(C)c(C)cc3s2)cc1OC. The standard InChI is InChI=1S/C21H19N3O3S/c1-12-7-16-19(8-13(12)2)28-21(23-16)24-20(25)15(11-22)9-14-5-6-17(26-3)18(10-14)27-4/h5-10H,1-4H3,(H,23,24,25). The number of carbonyl (C=O) groups is 1. The molecule has 0 saturated heterocycles. The van der Waals surface area contributed by atoms with Crippen LogP contribution in [0.4, 0.5) is 5.13 Å². The molecule has 0 unspecified atom stereocenters. The number of nitrogens with one attached hydrogen (secondary N) is 1. The first-order chi connectivity index (χ1) is 13.4. The van der Waals surface area contributed by atoms with Crippen molar-refractivity contribution in [3.8, 4) is 17.6 Å². The molecule has 0 aliphatic carbocycles. The van der Waals surface area contributed by atoms with Gasteiger partial charge in [0, 0.05) is 0 Å². The van der Waals surface area contributed by atoms with Crippen molar-refractivity contribution >= 4 is 38.7 Å². The third-order valence-electron chi connectivity index (χ3n) is 4.31. The lowest BCUT2D eigenvalue weighted by molar-refractivity contribution is -0.112. The topological polar surface area (TPSA) is 84.2 Å². The van der Waals surface area contributed by atoms with Crippen molar-refractivity contribution in [3.05, 3.63) is 52.6 Å². The number of amides is 1. The lowest BCUT2D eigenvalue weighted by atomic mass is 10.1. The molecule has 3 rings (SSSR count). The van der Waals surface area contributed by atoms with Crippen molar-refractivity contribution in [1.29, 1.82) is 5.26 Å². The van der Waals surface area contributed by atoms with Gasteiger partial charge in [-0.1, -0.05) is 17.4 Å². The van der Waals surface area contributed by atoms with Gasteiger partial charge >= 0.3 is 0 Å². The molecule has 0 aliphatic heterocycles. The van der Waals surface area contributed by atoms with Gasteiger partial charge in [-0.05, 0) is 60.9 Å². The van der Waals surface area contributed by atoms with Gasteiger partial charge in [-0.25, -0.2) is 4.98 Å². The first-order valence-corrected chi connectivity index (χ1v) is 9.29. The van der Waals surface area contributed by atoms with Crippen LogP contribution in [0.2, 0.25) is 0 Å².